The highest BCUT2D eigenvalue weighted by Gasteiger charge is 2.28. The third kappa shape index (κ3) is 3.14. The summed E-state index contributed by atoms with van der Waals surface area (Å²) < 4.78 is 0. The van der Waals surface area contributed by atoms with Crippen LogP contribution in [0.2, 0.25) is 0 Å². The van der Waals surface area contributed by atoms with Crippen LogP contribution in [0.25, 0.3) is 0 Å². The number of piperidine rings is 1. The van der Waals surface area contributed by atoms with Crippen LogP contribution >= 0.6 is 0 Å². The molecular weight excluding hydrogens is 234 g/mol. The standard InChI is InChI=1S/C16H25N3/c1-13-2-4-16(5-3-13)19-8-6-14(7-9-19)15-10-17-12-18-11-15/h10-14,16H,2-9H2,1H3. The van der Waals surface area contributed by atoms with Gasteiger partial charge >= 0.3 is 0 Å². The number of nitrogens with zero attached hydrogens (tertiary/aromatic N) is 3. The van der Waals surface area contributed by atoms with Gasteiger partial charge in [-0.05, 0) is 69.0 Å². The Morgan fingerprint density at radius 2 is 1.58 bits per heavy atom. The highest BCUT2D eigenvalue weighted by atomic mass is 15.2. The van der Waals surface area contributed by atoms with Gasteiger partial charge in [0.1, 0.15) is 6.33 Å². The fraction of sp³-hybridized carbons (Fsp3) is 0.750. The van der Waals surface area contributed by atoms with Gasteiger partial charge in [0, 0.05) is 18.4 Å². The van der Waals surface area contributed by atoms with Crippen molar-refractivity contribution in [3.8, 4) is 0 Å². The minimum Gasteiger partial charge on any atom is -0.300 e. The summed E-state index contributed by atoms with van der Waals surface area (Å²) in [5.41, 5.74) is 1.33. The van der Waals surface area contributed by atoms with Crippen LogP contribution in [-0.4, -0.2) is 34.0 Å². The van der Waals surface area contributed by atoms with Gasteiger partial charge < -0.3 is 4.90 Å². The van der Waals surface area contributed by atoms with E-state index in [-0.39, 0.29) is 0 Å². The molecule has 3 nitrogen and oxygen atoms in total. The van der Waals surface area contributed by atoms with Crippen LogP contribution in [0, 0.1) is 5.92 Å². The van der Waals surface area contributed by atoms with E-state index in [9.17, 15) is 0 Å². The highest BCUT2D eigenvalue weighted by Crippen LogP contribution is 2.32. The minimum atomic E-state index is 0.681. The molecule has 104 valence electrons. The first kappa shape index (κ1) is 13.0. The van der Waals surface area contributed by atoms with Crippen LogP contribution in [-0.2, 0) is 0 Å². The number of rotatable bonds is 2. The maximum atomic E-state index is 4.15. The van der Waals surface area contributed by atoms with Crippen molar-refractivity contribution in [1.29, 1.82) is 0 Å². The van der Waals surface area contributed by atoms with Crippen LogP contribution < -0.4 is 0 Å². The van der Waals surface area contributed by atoms with Crippen molar-refractivity contribution in [2.45, 2.75) is 57.4 Å². The summed E-state index contributed by atoms with van der Waals surface area (Å²) >= 11 is 0. The Balaban J connectivity index is 1.52. The van der Waals surface area contributed by atoms with Crippen molar-refractivity contribution < 1.29 is 0 Å². The number of hydrogen-bond acceptors (Lipinski definition) is 3. The summed E-state index contributed by atoms with van der Waals surface area (Å²) in [4.78, 5) is 11.0. The van der Waals surface area contributed by atoms with Crippen LogP contribution in [0.3, 0.4) is 0 Å². The van der Waals surface area contributed by atoms with E-state index in [1.165, 1.54) is 57.2 Å². The van der Waals surface area contributed by atoms with Gasteiger partial charge in [0.05, 0.1) is 0 Å². The van der Waals surface area contributed by atoms with Crippen molar-refractivity contribution in [3.05, 3.63) is 24.3 Å². The van der Waals surface area contributed by atoms with Crippen LogP contribution in [0.4, 0.5) is 0 Å². The zero-order valence-electron chi connectivity index (χ0n) is 12.0. The normalized spacial score (nSPS) is 30.4. The summed E-state index contributed by atoms with van der Waals surface area (Å²) in [7, 11) is 0. The Hall–Kier alpha value is -0.960. The smallest absolute Gasteiger partial charge is 0.115 e. The maximum absolute atomic E-state index is 4.15. The van der Waals surface area contributed by atoms with E-state index in [0.717, 1.165) is 12.0 Å². The Labute approximate surface area is 116 Å². The van der Waals surface area contributed by atoms with Crippen LogP contribution in [0.15, 0.2) is 18.7 Å². The second kappa shape index (κ2) is 6.00. The molecule has 0 atom stereocenters. The molecule has 0 spiro atoms. The lowest BCUT2D eigenvalue weighted by molar-refractivity contribution is 0.110. The zero-order valence-corrected chi connectivity index (χ0v) is 12.0. The Morgan fingerprint density at radius 1 is 0.947 bits per heavy atom. The second-order valence-corrected chi connectivity index (χ2v) is 6.40. The summed E-state index contributed by atoms with van der Waals surface area (Å²) in [6.07, 6.45) is 13.9. The topological polar surface area (TPSA) is 29.0 Å². The largest absolute Gasteiger partial charge is 0.300 e. The molecule has 0 amide bonds. The van der Waals surface area contributed by atoms with Gasteiger partial charge in [-0.15, -0.1) is 0 Å². The lowest BCUT2D eigenvalue weighted by Crippen LogP contribution is -2.42. The molecule has 2 fully saturated rings. The van der Waals surface area contributed by atoms with Crippen molar-refractivity contribution in [1.82, 2.24) is 14.9 Å². The molecule has 1 aliphatic heterocycles. The minimum absolute atomic E-state index is 0.681. The van der Waals surface area contributed by atoms with E-state index >= 15 is 0 Å². The molecule has 1 saturated carbocycles. The third-order valence-corrected chi connectivity index (χ3v) is 5.08. The van der Waals surface area contributed by atoms with E-state index < -0.39 is 0 Å². The molecule has 2 aliphatic rings. The third-order valence-electron chi connectivity index (χ3n) is 5.08. The molecule has 1 aromatic rings. The first-order chi connectivity index (χ1) is 9.33. The van der Waals surface area contributed by atoms with Gasteiger partial charge in [0.2, 0.25) is 0 Å². The molecule has 3 rings (SSSR count). The second-order valence-electron chi connectivity index (χ2n) is 6.40. The number of likely N-dealkylation sites (tertiary alicyclic amines) is 1. The molecule has 2 heterocycles. The summed E-state index contributed by atoms with van der Waals surface area (Å²) in [6.45, 7) is 4.93. The Bertz CT molecular complexity index is 376. The van der Waals surface area contributed by atoms with Gasteiger partial charge in [0.25, 0.3) is 0 Å². The van der Waals surface area contributed by atoms with Gasteiger partial charge in [-0.3, -0.25) is 0 Å². The Morgan fingerprint density at radius 3 is 2.21 bits per heavy atom. The summed E-state index contributed by atoms with van der Waals surface area (Å²) in [5, 5.41) is 0. The van der Waals surface area contributed by atoms with E-state index in [1.54, 1.807) is 6.33 Å². The maximum Gasteiger partial charge on any atom is 0.115 e. The lowest BCUT2D eigenvalue weighted by Gasteiger charge is -2.40. The number of aromatic nitrogens is 2. The monoisotopic (exact) mass is 259 g/mol. The van der Waals surface area contributed by atoms with Crippen LogP contribution in [0.1, 0.15) is 56.9 Å². The predicted octanol–water partition coefficient (Wildman–Crippen LogP) is 3.23. The number of hydrogen-bond donors (Lipinski definition) is 0. The molecule has 0 N–H and O–H groups in total. The van der Waals surface area contributed by atoms with Crippen molar-refractivity contribution in [2.75, 3.05) is 13.1 Å². The average Bonchev–Trinajstić information content (AvgIpc) is 2.49. The first-order valence-electron chi connectivity index (χ1n) is 7.82. The van der Waals surface area contributed by atoms with Crippen molar-refractivity contribution in [2.24, 2.45) is 5.92 Å². The molecule has 1 aromatic heterocycles. The Kier molecular flexibility index (Phi) is 4.12. The summed E-state index contributed by atoms with van der Waals surface area (Å²) in [5.74, 6) is 1.63. The molecule has 3 heteroatoms. The molecule has 0 unspecified atom stereocenters. The fourth-order valence-electron chi connectivity index (χ4n) is 3.73. The van der Waals surface area contributed by atoms with E-state index in [2.05, 4.69) is 21.8 Å². The van der Waals surface area contributed by atoms with Crippen LogP contribution in [0.5, 0.6) is 0 Å². The average molecular weight is 259 g/mol. The molecule has 0 bridgehead atoms. The molecule has 0 radical (unpaired) electrons. The molecule has 19 heavy (non-hydrogen) atoms. The van der Waals surface area contributed by atoms with Crippen molar-refractivity contribution >= 4 is 0 Å². The molecule has 0 aromatic carbocycles. The fourth-order valence-corrected chi connectivity index (χ4v) is 3.73. The lowest BCUT2D eigenvalue weighted by atomic mass is 9.84. The highest BCUT2D eigenvalue weighted by molar-refractivity contribution is 5.11. The van der Waals surface area contributed by atoms with E-state index in [0.29, 0.717) is 5.92 Å². The van der Waals surface area contributed by atoms with Crippen molar-refractivity contribution in [3.63, 3.8) is 0 Å². The molecule has 1 aliphatic carbocycles. The van der Waals surface area contributed by atoms with E-state index in [1.807, 2.05) is 12.4 Å². The molecular formula is C16H25N3. The van der Waals surface area contributed by atoms with Gasteiger partial charge in [-0.2, -0.15) is 0 Å². The van der Waals surface area contributed by atoms with E-state index in [4.69, 9.17) is 0 Å². The summed E-state index contributed by atoms with van der Waals surface area (Å²) in [6, 6.07) is 0.865. The predicted molar refractivity (Wildman–Crippen MR) is 77.0 cm³/mol. The van der Waals surface area contributed by atoms with Gasteiger partial charge in [0.15, 0.2) is 0 Å². The first-order valence-corrected chi connectivity index (χ1v) is 7.82. The molecule has 1 saturated heterocycles. The quantitative estimate of drug-likeness (QED) is 0.816. The SMILES string of the molecule is CC1CCC(N2CCC(c3cncnc3)CC2)CC1. The van der Waals surface area contributed by atoms with Gasteiger partial charge in [-0.1, -0.05) is 6.92 Å². The van der Waals surface area contributed by atoms with Gasteiger partial charge in [-0.25, -0.2) is 9.97 Å². The zero-order chi connectivity index (χ0) is 13.1.